The molecule has 0 aliphatic heterocycles. The second kappa shape index (κ2) is 8.62. The lowest BCUT2D eigenvalue weighted by Gasteiger charge is -2.06. The molecular formula is C19H18FN3O2S. The third-order valence-electron chi connectivity index (χ3n) is 3.72. The number of hydrogen-bond donors (Lipinski definition) is 0. The average Bonchev–Trinajstić information content (AvgIpc) is 3.29. The molecule has 0 atom stereocenters. The van der Waals surface area contributed by atoms with Crippen molar-refractivity contribution in [1.29, 1.82) is 0 Å². The van der Waals surface area contributed by atoms with Gasteiger partial charge in [-0.3, -0.25) is 9.36 Å². The van der Waals surface area contributed by atoms with E-state index < -0.39 is 0 Å². The van der Waals surface area contributed by atoms with Crippen LogP contribution in [0.5, 0.6) is 0 Å². The van der Waals surface area contributed by atoms with Gasteiger partial charge in [0, 0.05) is 24.3 Å². The first-order valence-electron chi connectivity index (χ1n) is 8.18. The van der Waals surface area contributed by atoms with Gasteiger partial charge in [-0.25, -0.2) is 4.39 Å². The number of hydrogen-bond acceptors (Lipinski definition) is 5. The number of carbonyl (C=O) groups excluding carboxylic acids is 1. The fraction of sp³-hybridized carbons (Fsp3) is 0.211. The van der Waals surface area contributed by atoms with E-state index in [0.29, 0.717) is 36.5 Å². The number of thioether (sulfide) groups is 1. The Kier molecular flexibility index (Phi) is 6.01. The second-order valence-electron chi connectivity index (χ2n) is 5.56. The van der Waals surface area contributed by atoms with Crippen molar-refractivity contribution in [2.75, 3.05) is 5.75 Å². The number of ketones is 1. The largest absolute Gasteiger partial charge is 0.461 e. The molecule has 0 saturated heterocycles. The predicted octanol–water partition coefficient (Wildman–Crippen LogP) is 4.62. The predicted molar refractivity (Wildman–Crippen MR) is 98.6 cm³/mol. The first kappa shape index (κ1) is 18.1. The quantitative estimate of drug-likeness (QED) is 0.238. The molecule has 5 nitrogen and oxygen atoms in total. The standard InChI is InChI=1S/C19H18FN3O2S/c1-2-11-23-18(17-6-3-12-25-17)21-22-19(23)26-13-4-5-16(24)14-7-9-15(20)10-8-14/h2-3,6-10,12H,1,4-5,11,13H2. The number of aromatic nitrogens is 3. The van der Waals surface area contributed by atoms with Gasteiger partial charge >= 0.3 is 0 Å². The van der Waals surface area contributed by atoms with Crippen molar-refractivity contribution in [1.82, 2.24) is 14.8 Å². The molecule has 2 aromatic heterocycles. The summed E-state index contributed by atoms with van der Waals surface area (Å²) in [6, 6.07) is 9.27. The number of benzene rings is 1. The minimum Gasteiger partial charge on any atom is -0.461 e. The van der Waals surface area contributed by atoms with Crippen LogP contribution >= 0.6 is 11.8 Å². The molecule has 0 bridgehead atoms. The molecule has 0 fully saturated rings. The second-order valence-corrected chi connectivity index (χ2v) is 6.63. The van der Waals surface area contributed by atoms with Gasteiger partial charge in [0.15, 0.2) is 16.7 Å². The molecule has 0 aliphatic rings. The van der Waals surface area contributed by atoms with Crippen molar-refractivity contribution in [3.63, 3.8) is 0 Å². The van der Waals surface area contributed by atoms with Gasteiger partial charge in [0.05, 0.1) is 6.26 Å². The van der Waals surface area contributed by atoms with Crippen molar-refractivity contribution in [2.45, 2.75) is 24.5 Å². The molecule has 0 saturated carbocycles. The van der Waals surface area contributed by atoms with Crippen molar-refractivity contribution in [3.05, 3.63) is 66.7 Å². The molecule has 2 heterocycles. The minimum atomic E-state index is -0.342. The summed E-state index contributed by atoms with van der Waals surface area (Å²) >= 11 is 1.53. The fourth-order valence-electron chi connectivity index (χ4n) is 2.45. The number of furan rings is 1. The highest BCUT2D eigenvalue weighted by Gasteiger charge is 2.15. The Balaban J connectivity index is 1.57. The smallest absolute Gasteiger partial charge is 0.200 e. The third kappa shape index (κ3) is 4.29. The zero-order valence-corrected chi connectivity index (χ0v) is 14.9. The first-order valence-corrected chi connectivity index (χ1v) is 9.17. The number of rotatable bonds is 9. The highest BCUT2D eigenvalue weighted by atomic mass is 32.2. The van der Waals surface area contributed by atoms with E-state index in [1.54, 1.807) is 18.4 Å². The van der Waals surface area contributed by atoms with E-state index in [4.69, 9.17) is 4.42 Å². The monoisotopic (exact) mass is 371 g/mol. The van der Waals surface area contributed by atoms with Crippen LogP contribution in [-0.2, 0) is 6.54 Å². The average molecular weight is 371 g/mol. The van der Waals surface area contributed by atoms with Crippen LogP contribution in [0.4, 0.5) is 4.39 Å². The Hall–Kier alpha value is -2.67. The summed E-state index contributed by atoms with van der Waals surface area (Å²) in [5.41, 5.74) is 0.534. The number of Topliss-reactive ketones (excluding diaryl/α,β-unsaturated/α-hetero) is 1. The summed E-state index contributed by atoms with van der Waals surface area (Å²) in [5.74, 6) is 1.69. The highest BCUT2D eigenvalue weighted by molar-refractivity contribution is 7.99. The van der Waals surface area contributed by atoms with Crippen LogP contribution < -0.4 is 0 Å². The minimum absolute atomic E-state index is 0.00873. The molecule has 0 unspecified atom stereocenters. The van der Waals surface area contributed by atoms with E-state index in [1.165, 1.54) is 36.0 Å². The van der Waals surface area contributed by atoms with Gasteiger partial charge < -0.3 is 4.42 Å². The normalized spacial score (nSPS) is 10.8. The van der Waals surface area contributed by atoms with Crippen LogP contribution in [-0.4, -0.2) is 26.3 Å². The van der Waals surface area contributed by atoms with Gasteiger partial charge in [0.25, 0.3) is 0 Å². The summed E-state index contributed by atoms with van der Waals surface area (Å²) in [6.07, 6.45) is 4.46. The zero-order valence-electron chi connectivity index (χ0n) is 14.1. The van der Waals surface area contributed by atoms with Gasteiger partial charge in [0.2, 0.25) is 5.82 Å². The van der Waals surface area contributed by atoms with Crippen LogP contribution in [0.3, 0.4) is 0 Å². The lowest BCUT2D eigenvalue weighted by molar-refractivity contribution is 0.0982. The van der Waals surface area contributed by atoms with E-state index in [0.717, 1.165) is 10.9 Å². The third-order valence-corrected chi connectivity index (χ3v) is 4.77. The molecule has 3 aromatic rings. The molecule has 134 valence electrons. The number of halogens is 1. The van der Waals surface area contributed by atoms with Crippen molar-refractivity contribution < 1.29 is 13.6 Å². The highest BCUT2D eigenvalue weighted by Crippen LogP contribution is 2.25. The summed E-state index contributed by atoms with van der Waals surface area (Å²) in [4.78, 5) is 12.1. The summed E-state index contributed by atoms with van der Waals surface area (Å²) in [6.45, 7) is 4.34. The number of allylic oxidation sites excluding steroid dienone is 1. The molecule has 3 rings (SSSR count). The van der Waals surface area contributed by atoms with E-state index in [-0.39, 0.29) is 11.6 Å². The van der Waals surface area contributed by atoms with E-state index in [9.17, 15) is 9.18 Å². The van der Waals surface area contributed by atoms with Crippen LogP contribution in [0.15, 0.2) is 64.9 Å². The lowest BCUT2D eigenvalue weighted by atomic mass is 10.1. The van der Waals surface area contributed by atoms with Crippen molar-refractivity contribution in [2.24, 2.45) is 0 Å². The first-order chi connectivity index (χ1) is 12.7. The van der Waals surface area contributed by atoms with Gasteiger partial charge in [-0.2, -0.15) is 0 Å². The van der Waals surface area contributed by atoms with Gasteiger partial charge in [-0.15, -0.1) is 16.8 Å². The molecule has 1 aromatic carbocycles. The molecule has 0 N–H and O–H groups in total. The summed E-state index contributed by atoms with van der Waals surface area (Å²) < 4.78 is 20.2. The summed E-state index contributed by atoms with van der Waals surface area (Å²) in [7, 11) is 0. The van der Waals surface area contributed by atoms with Gasteiger partial charge in [0.1, 0.15) is 5.82 Å². The summed E-state index contributed by atoms with van der Waals surface area (Å²) in [5, 5.41) is 9.17. The van der Waals surface area contributed by atoms with E-state index in [1.807, 2.05) is 10.6 Å². The maximum atomic E-state index is 12.9. The van der Waals surface area contributed by atoms with Crippen molar-refractivity contribution in [3.8, 4) is 11.6 Å². The van der Waals surface area contributed by atoms with Crippen molar-refractivity contribution >= 4 is 17.5 Å². The van der Waals surface area contributed by atoms with E-state index in [2.05, 4.69) is 16.8 Å². The lowest BCUT2D eigenvalue weighted by Crippen LogP contribution is -2.02. The molecular weight excluding hydrogens is 353 g/mol. The van der Waals surface area contributed by atoms with E-state index >= 15 is 0 Å². The molecule has 0 spiro atoms. The Labute approximate surface area is 154 Å². The maximum Gasteiger partial charge on any atom is 0.200 e. The Morgan fingerprint density at radius 1 is 1.27 bits per heavy atom. The molecule has 26 heavy (non-hydrogen) atoms. The molecule has 0 radical (unpaired) electrons. The van der Waals surface area contributed by atoms with Gasteiger partial charge in [-0.05, 0) is 42.8 Å². The molecule has 7 heteroatoms. The Morgan fingerprint density at radius 2 is 2.08 bits per heavy atom. The molecule has 0 amide bonds. The van der Waals surface area contributed by atoms with Crippen LogP contribution in [0.1, 0.15) is 23.2 Å². The van der Waals surface area contributed by atoms with Crippen LogP contribution in [0.25, 0.3) is 11.6 Å². The Morgan fingerprint density at radius 3 is 2.77 bits per heavy atom. The molecule has 0 aliphatic carbocycles. The number of nitrogens with zero attached hydrogens (tertiary/aromatic N) is 3. The van der Waals surface area contributed by atoms with Crippen LogP contribution in [0, 0.1) is 5.82 Å². The van der Waals surface area contributed by atoms with Crippen LogP contribution in [0.2, 0.25) is 0 Å². The SMILES string of the molecule is C=CCn1c(SCCCC(=O)c2ccc(F)cc2)nnc1-c1ccco1. The number of carbonyl (C=O) groups is 1. The maximum absolute atomic E-state index is 12.9. The topological polar surface area (TPSA) is 60.9 Å². The Bertz CT molecular complexity index is 873. The zero-order chi connectivity index (χ0) is 18.4. The van der Waals surface area contributed by atoms with Gasteiger partial charge in [-0.1, -0.05) is 17.8 Å². The fourth-order valence-corrected chi connectivity index (χ4v) is 3.34.